The van der Waals surface area contributed by atoms with Gasteiger partial charge in [0, 0.05) is 0 Å². The molecule has 0 unspecified atom stereocenters. The van der Waals surface area contributed by atoms with E-state index in [2.05, 4.69) is 0 Å². The van der Waals surface area contributed by atoms with E-state index in [0.717, 1.165) is 0 Å². The van der Waals surface area contributed by atoms with Gasteiger partial charge in [0.25, 0.3) is 0 Å². The van der Waals surface area contributed by atoms with Crippen LogP contribution in [0.5, 0.6) is 0 Å². The molecule has 2 fully saturated rings. The maximum atomic E-state index is 14.3. The molecular weight excluding hydrogens is 1160 g/mol. The van der Waals surface area contributed by atoms with Crippen LogP contribution in [-0.2, 0) is 56.8 Å². The molecule has 0 N–H and O–H groups in total. The molecule has 8 aromatic carbocycles. The van der Waals surface area contributed by atoms with Gasteiger partial charge in [-0.05, 0) is 97.1 Å². The molecule has 0 aliphatic carbocycles. The zero-order valence-corrected chi connectivity index (χ0v) is 47.9. The summed E-state index contributed by atoms with van der Waals surface area (Å²) in [5.74, 6) is -7.24. The fourth-order valence-electron chi connectivity index (χ4n) is 9.65. The average Bonchev–Trinajstić information content (AvgIpc) is 1.10. The molecule has 0 radical (unpaired) electrons. The number of ether oxygens (including phenoxy) is 12. The van der Waals surface area contributed by atoms with Crippen molar-refractivity contribution < 1.29 is 95.2 Å². The summed E-state index contributed by atoms with van der Waals surface area (Å²) in [6, 6.07) is 62.8. The van der Waals surface area contributed by atoms with Gasteiger partial charge in [0.15, 0.2) is 49.2 Å². The monoisotopic (exact) mass is 1220 g/mol. The van der Waals surface area contributed by atoms with E-state index < -0.39 is 136 Å². The first-order valence-electron chi connectivity index (χ1n) is 28.5. The highest BCUT2D eigenvalue weighted by Gasteiger charge is 2.56. The van der Waals surface area contributed by atoms with Gasteiger partial charge in [0.1, 0.15) is 25.4 Å². The van der Waals surface area contributed by atoms with Crippen LogP contribution in [0.4, 0.5) is 0 Å². The van der Waals surface area contributed by atoms with Crippen molar-refractivity contribution >= 4 is 47.8 Å². The predicted octanol–water partition coefficient (Wildman–Crippen LogP) is 9.54. The van der Waals surface area contributed by atoms with Crippen molar-refractivity contribution in [2.75, 3.05) is 26.4 Å². The molecule has 20 heteroatoms. The molecule has 0 aromatic heterocycles. The van der Waals surface area contributed by atoms with Gasteiger partial charge in [-0.15, -0.1) is 0 Å². The Labute approximate surface area is 516 Å². The van der Waals surface area contributed by atoms with Crippen molar-refractivity contribution in [3.63, 3.8) is 0 Å². The Hall–Kier alpha value is -10.6. The summed E-state index contributed by atoms with van der Waals surface area (Å²) in [6.45, 7) is -2.42. The van der Waals surface area contributed by atoms with E-state index in [4.69, 9.17) is 56.8 Å². The van der Waals surface area contributed by atoms with Crippen LogP contribution in [0, 0.1) is 0 Å². The first kappa shape index (κ1) is 62.4. The van der Waals surface area contributed by atoms with Crippen LogP contribution in [0.1, 0.15) is 82.9 Å². The predicted molar refractivity (Wildman–Crippen MR) is 317 cm³/mol. The number of benzene rings is 8. The van der Waals surface area contributed by atoms with Gasteiger partial charge in [-0.25, -0.2) is 38.4 Å². The second kappa shape index (κ2) is 30.8. The van der Waals surface area contributed by atoms with E-state index in [9.17, 15) is 38.4 Å². The van der Waals surface area contributed by atoms with Crippen LogP contribution in [0.3, 0.4) is 0 Å². The molecule has 2 aliphatic rings. The third-order valence-electron chi connectivity index (χ3n) is 14.1. The van der Waals surface area contributed by atoms with Crippen molar-refractivity contribution in [3.05, 3.63) is 287 Å². The molecule has 20 nitrogen and oxygen atoms in total. The summed E-state index contributed by atoms with van der Waals surface area (Å²) in [7, 11) is 0. The lowest BCUT2D eigenvalue weighted by atomic mass is 9.97. The second-order valence-corrected chi connectivity index (χ2v) is 20.2. The lowest BCUT2D eigenvalue weighted by molar-refractivity contribution is -0.314. The van der Waals surface area contributed by atoms with Crippen LogP contribution in [0.25, 0.3) is 0 Å². The minimum atomic E-state index is -1.80. The third-order valence-corrected chi connectivity index (χ3v) is 14.1. The maximum absolute atomic E-state index is 14.3. The van der Waals surface area contributed by atoms with Gasteiger partial charge in [0.05, 0.1) is 57.7 Å². The zero-order chi connectivity index (χ0) is 62.6. The number of rotatable bonds is 23. The molecular formula is C70H58O20. The Morgan fingerprint density at radius 1 is 0.244 bits per heavy atom. The van der Waals surface area contributed by atoms with Crippen LogP contribution in [-0.4, -0.2) is 136 Å². The Bertz CT molecular complexity index is 3430. The SMILES string of the molecule is O=C(OC[C@H]1O[C@@H](OCCO[C@@H]2O[C@H](COC(=O)c3ccccc3)[C@H](OC(=O)c3ccccc3)[C@H](OC(=O)c3ccccc3)[C@H]2OC(=O)c2ccccc2)[C@H](OC(=O)c2ccccc2)[C@@H](OC(=O)c2ccccc2)[C@H]1OC(=O)c1ccccc1)c1ccccc1. The quantitative estimate of drug-likeness (QED) is 0.0328. The number of carbonyl (C=O) groups excluding carboxylic acids is 8. The van der Waals surface area contributed by atoms with E-state index in [1.54, 1.807) is 146 Å². The maximum Gasteiger partial charge on any atom is 0.338 e. The minimum Gasteiger partial charge on any atom is -0.459 e. The summed E-state index contributed by atoms with van der Waals surface area (Å²) in [5.41, 5.74) is 0.669. The molecule has 2 aliphatic heterocycles. The molecule has 8 aromatic rings. The Kier molecular flexibility index (Phi) is 21.4. The van der Waals surface area contributed by atoms with Crippen LogP contribution in [0.15, 0.2) is 243 Å². The molecule has 0 saturated carbocycles. The van der Waals surface area contributed by atoms with Crippen LogP contribution >= 0.6 is 0 Å². The first-order chi connectivity index (χ1) is 44.0. The summed E-state index contributed by atoms with van der Waals surface area (Å²) in [5, 5.41) is 0. The summed E-state index contributed by atoms with van der Waals surface area (Å²) < 4.78 is 74.7. The van der Waals surface area contributed by atoms with Gasteiger partial charge in [-0.1, -0.05) is 146 Å². The standard InChI is InChI=1S/C70H58O20/c71-61(45-25-9-1-10-26-45)81-43-53-55(85-63(73)47-29-13-3-14-30-47)57(87-65(75)49-33-17-5-18-34-49)59(89-67(77)51-37-21-7-22-38-51)69(83-53)79-41-42-80-70-60(90-68(78)52-39-23-8-24-40-52)58(88-66(76)50-35-19-6-20-36-50)56(86-64(74)48-31-15-4-16-32-48)54(84-70)44-82-62(72)46-27-11-2-12-28-46/h1-40,53-60,69-70H,41-44H2/t53-,54-,55+,56+,57+,58+,59-,60-,69-,70-/m1/s1. The second-order valence-electron chi connectivity index (χ2n) is 20.2. The fraction of sp³-hybridized carbons (Fsp3) is 0.200. The minimum absolute atomic E-state index is 0.0503. The highest BCUT2D eigenvalue weighted by molar-refractivity contribution is 5.93. The molecule has 2 heterocycles. The summed E-state index contributed by atoms with van der Waals surface area (Å²) in [4.78, 5) is 113. The molecule has 10 atom stereocenters. The van der Waals surface area contributed by atoms with Gasteiger partial charge in [-0.2, -0.15) is 0 Å². The van der Waals surface area contributed by atoms with Crippen LogP contribution in [0.2, 0.25) is 0 Å². The smallest absolute Gasteiger partial charge is 0.338 e. The lowest BCUT2D eigenvalue weighted by Gasteiger charge is -2.45. The average molecular weight is 1220 g/mol. The van der Waals surface area contributed by atoms with E-state index in [1.807, 2.05) is 0 Å². The largest absolute Gasteiger partial charge is 0.459 e. The molecule has 2 saturated heterocycles. The van der Waals surface area contributed by atoms with E-state index in [0.29, 0.717) is 0 Å². The van der Waals surface area contributed by atoms with E-state index >= 15 is 0 Å². The van der Waals surface area contributed by atoms with Gasteiger partial charge < -0.3 is 56.8 Å². The van der Waals surface area contributed by atoms with E-state index in [1.165, 1.54) is 97.1 Å². The normalized spacial score (nSPS) is 21.0. The highest BCUT2D eigenvalue weighted by Crippen LogP contribution is 2.34. The van der Waals surface area contributed by atoms with Crippen molar-refractivity contribution in [2.24, 2.45) is 0 Å². The summed E-state index contributed by atoms with van der Waals surface area (Å²) in [6.07, 6.45) is -17.2. The Morgan fingerprint density at radius 2 is 0.433 bits per heavy atom. The van der Waals surface area contributed by atoms with Crippen molar-refractivity contribution in [1.82, 2.24) is 0 Å². The lowest BCUT2D eigenvalue weighted by Crippen LogP contribution is -2.63. The topological polar surface area (TPSA) is 247 Å². The van der Waals surface area contributed by atoms with Crippen LogP contribution < -0.4 is 0 Å². The van der Waals surface area contributed by atoms with Crippen molar-refractivity contribution in [1.29, 1.82) is 0 Å². The molecule has 10 rings (SSSR count). The molecule has 0 spiro atoms. The third kappa shape index (κ3) is 16.3. The molecule has 0 bridgehead atoms. The number of esters is 8. The number of hydrogen-bond acceptors (Lipinski definition) is 20. The highest BCUT2D eigenvalue weighted by atomic mass is 16.8. The van der Waals surface area contributed by atoms with Gasteiger partial charge >= 0.3 is 47.8 Å². The number of carbonyl (C=O) groups is 8. The molecule has 90 heavy (non-hydrogen) atoms. The van der Waals surface area contributed by atoms with Gasteiger partial charge in [-0.3, -0.25) is 0 Å². The zero-order valence-electron chi connectivity index (χ0n) is 47.9. The Balaban J connectivity index is 1.01. The number of hydrogen-bond donors (Lipinski definition) is 0. The van der Waals surface area contributed by atoms with Crippen molar-refractivity contribution in [3.8, 4) is 0 Å². The Morgan fingerprint density at radius 3 is 0.656 bits per heavy atom. The fourth-order valence-corrected chi connectivity index (χ4v) is 9.65. The van der Waals surface area contributed by atoms with Gasteiger partial charge in [0.2, 0.25) is 0 Å². The summed E-state index contributed by atoms with van der Waals surface area (Å²) >= 11 is 0. The van der Waals surface area contributed by atoms with Crippen molar-refractivity contribution in [2.45, 2.75) is 61.4 Å². The molecule has 0 amide bonds. The van der Waals surface area contributed by atoms with E-state index in [-0.39, 0.29) is 44.5 Å². The first-order valence-corrected chi connectivity index (χ1v) is 28.5. The molecule has 458 valence electrons.